The molecule has 0 aliphatic rings. The number of rotatable bonds is 6. The summed E-state index contributed by atoms with van der Waals surface area (Å²) in [6.45, 7) is 14.3. The van der Waals surface area contributed by atoms with E-state index in [1.807, 2.05) is 0 Å². The van der Waals surface area contributed by atoms with Crippen LogP contribution in [0.15, 0.2) is 24.3 Å². The second-order valence-electron chi connectivity index (χ2n) is 8.26. The average Bonchev–Trinajstić information content (AvgIpc) is 2.31. The molecule has 0 atom stereocenters. The summed E-state index contributed by atoms with van der Waals surface area (Å²) in [5.41, 5.74) is 2.10. The van der Waals surface area contributed by atoms with Gasteiger partial charge >= 0.3 is 0 Å². The molecule has 0 aliphatic carbocycles. The zero-order valence-corrected chi connectivity index (χ0v) is 14.3. The van der Waals surface area contributed by atoms with E-state index in [1.165, 1.54) is 31.2 Å². The Hall–Kier alpha value is -0.980. The number of unbranched alkanes of at least 4 members (excludes halogenated alkanes) is 1. The summed E-state index contributed by atoms with van der Waals surface area (Å²) in [5, 5.41) is 0. The first-order valence-corrected chi connectivity index (χ1v) is 7.87. The Balaban J connectivity index is 2.32. The molecule has 0 bridgehead atoms. The normalized spacial score (nSPS) is 12.5. The Morgan fingerprint density at radius 1 is 0.800 bits per heavy atom. The monoisotopic (exact) mass is 276 g/mol. The van der Waals surface area contributed by atoms with E-state index in [-0.39, 0.29) is 5.41 Å². The minimum absolute atomic E-state index is 0.214. The maximum absolute atomic E-state index is 5.80. The van der Waals surface area contributed by atoms with Crippen LogP contribution < -0.4 is 4.74 Å². The zero-order valence-electron chi connectivity index (χ0n) is 14.3. The third-order valence-corrected chi connectivity index (χ3v) is 3.24. The van der Waals surface area contributed by atoms with Crippen LogP contribution in [0.1, 0.15) is 66.4 Å². The highest BCUT2D eigenvalue weighted by atomic mass is 16.5. The molecular formula is C19H32O. The SMILES string of the molecule is CC(C)(C)CCCCc1ccc(OCC(C)(C)C)cc1. The largest absolute Gasteiger partial charge is 0.493 e. The van der Waals surface area contributed by atoms with E-state index in [0.29, 0.717) is 5.41 Å². The van der Waals surface area contributed by atoms with Gasteiger partial charge in [0, 0.05) is 0 Å². The first-order valence-electron chi connectivity index (χ1n) is 7.87. The number of benzene rings is 1. The fourth-order valence-electron chi connectivity index (χ4n) is 2.04. The second-order valence-corrected chi connectivity index (χ2v) is 8.26. The maximum Gasteiger partial charge on any atom is 0.119 e. The van der Waals surface area contributed by atoms with Gasteiger partial charge in [-0.25, -0.2) is 0 Å². The van der Waals surface area contributed by atoms with Crippen molar-refractivity contribution in [3.05, 3.63) is 29.8 Å². The molecule has 1 nitrogen and oxygen atoms in total. The molecular weight excluding hydrogens is 244 g/mol. The minimum atomic E-state index is 0.214. The minimum Gasteiger partial charge on any atom is -0.493 e. The van der Waals surface area contributed by atoms with Crippen molar-refractivity contribution in [2.75, 3.05) is 6.61 Å². The molecule has 1 heteroatoms. The quantitative estimate of drug-likeness (QED) is 0.590. The average molecular weight is 276 g/mol. The first-order chi connectivity index (χ1) is 9.16. The predicted molar refractivity (Wildman–Crippen MR) is 88.4 cm³/mol. The third-order valence-electron chi connectivity index (χ3n) is 3.24. The molecule has 114 valence electrons. The number of hydrogen-bond acceptors (Lipinski definition) is 1. The molecule has 20 heavy (non-hydrogen) atoms. The summed E-state index contributed by atoms with van der Waals surface area (Å²) in [7, 11) is 0. The Labute approximate surface area is 125 Å². The molecule has 1 aromatic carbocycles. The van der Waals surface area contributed by atoms with E-state index in [2.05, 4.69) is 65.8 Å². The van der Waals surface area contributed by atoms with Crippen LogP contribution in [0.25, 0.3) is 0 Å². The van der Waals surface area contributed by atoms with Crippen LogP contribution in [0.2, 0.25) is 0 Å². The van der Waals surface area contributed by atoms with Crippen molar-refractivity contribution < 1.29 is 4.74 Å². The molecule has 0 saturated carbocycles. The van der Waals surface area contributed by atoms with Gasteiger partial charge in [-0.3, -0.25) is 0 Å². The van der Waals surface area contributed by atoms with E-state index in [9.17, 15) is 0 Å². The van der Waals surface area contributed by atoms with Gasteiger partial charge in [-0.1, -0.05) is 60.1 Å². The third kappa shape index (κ3) is 8.24. The lowest BCUT2D eigenvalue weighted by Crippen LogP contribution is -2.16. The van der Waals surface area contributed by atoms with Gasteiger partial charge in [-0.15, -0.1) is 0 Å². The highest BCUT2D eigenvalue weighted by Gasteiger charge is 2.11. The number of aryl methyl sites for hydroxylation is 1. The highest BCUT2D eigenvalue weighted by molar-refractivity contribution is 5.27. The maximum atomic E-state index is 5.80. The highest BCUT2D eigenvalue weighted by Crippen LogP contribution is 2.23. The summed E-state index contributed by atoms with van der Waals surface area (Å²) < 4.78 is 5.80. The lowest BCUT2D eigenvalue weighted by atomic mass is 9.89. The van der Waals surface area contributed by atoms with Crippen molar-refractivity contribution >= 4 is 0 Å². The fraction of sp³-hybridized carbons (Fsp3) is 0.684. The van der Waals surface area contributed by atoms with E-state index >= 15 is 0 Å². The van der Waals surface area contributed by atoms with Crippen molar-refractivity contribution in [1.82, 2.24) is 0 Å². The van der Waals surface area contributed by atoms with Gasteiger partial charge in [-0.2, -0.15) is 0 Å². The summed E-state index contributed by atoms with van der Waals surface area (Å²) >= 11 is 0. The smallest absolute Gasteiger partial charge is 0.119 e. The predicted octanol–water partition coefficient (Wildman–Crippen LogP) is 5.87. The van der Waals surface area contributed by atoms with E-state index in [1.54, 1.807) is 0 Å². The topological polar surface area (TPSA) is 9.23 Å². The van der Waals surface area contributed by atoms with Crippen molar-refractivity contribution in [3.63, 3.8) is 0 Å². The van der Waals surface area contributed by atoms with Crippen molar-refractivity contribution in [1.29, 1.82) is 0 Å². The Kier molecular flexibility index (Phi) is 6.10. The van der Waals surface area contributed by atoms with Gasteiger partial charge in [-0.05, 0) is 47.8 Å². The molecule has 0 radical (unpaired) electrons. The van der Waals surface area contributed by atoms with Crippen LogP contribution in [-0.4, -0.2) is 6.61 Å². The van der Waals surface area contributed by atoms with Crippen LogP contribution >= 0.6 is 0 Å². The van der Waals surface area contributed by atoms with Gasteiger partial charge in [0.25, 0.3) is 0 Å². The molecule has 1 aromatic rings. The van der Waals surface area contributed by atoms with Crippen LogP contribution in [0, 0.1) is 10.8 Å². The molecule has 0 unspecified atom stereocenters. The lowest BCUT2D eigenvalue weighted by Gasteiger charge is -2.19. The molecule has 0 aromatic heterocycles. The number of hydrogen-bond donors (Lipinski definition) is 0. The Morgan fingerprint density at radius 3 is 1.90 bits per heavy atom. The number of ether oxygens (including phenoxy) is 1. The van der Waals surface area contributed by atoms with Crippen molar-refractivity contribution in [2.24, 2.45) is 10.8 Å². The van der Waals surface area contributed by atoms with Crippen LogP contribution in [-0.2, 0) is 6.42 Å². The molecule has 1 rings (SSSR count). The lowest BCUT2D eigenvalue weighted by molar-refractivity contribution is 0.198. The molecule has 0 aliphatic heterocycles. The van der Waals surface area contributed by atoms with Gasteiger partial charge < -0.3 is 4.74 Å². The summed E-state index contributed by atoms with van der Waals surface area (Å²) in [4.78, 5) is 0. The molecule has 0 saturated heterocycles. The van der Waals surface area contributed by atoms with E-state index < -0.39 is 0 Å². The summed E-state index contributed by atoms with van der Waals surface area (Å²) in [5.74, 6) is 0.985. The van der Waals surface area contributed by atoms with Crippen molar-refractivity contribution in [2.45, 2.75) is 67.2 Å². The second kappa shape index (κ2) is 7.15. The molecule has 0 N–H and O–H groups in total. The van der Waals surface area contributed by atoms with Gasteiger partial charge in [0.05, 0.1) is 6.61 Å². The molecule has 0 amide bonds. The van der Waals surface area contributed by atoms with Crippen LogP contribution in [0.5, 0.6) is 5.75 Å². The fourth-order valence-corrected chi connectivity index (χ4v) is 2.04. The van der Waals surface area contributed by atoms with E-state index in [0.717, 1.165) is 12.4 Å². The zero-order chi connectivity index (χ0) is 15.2. The Morgan fingerprint density at radius 2 is 1.40 bits per heavy atom. The Bertz CT molecular complexity index is 376. The first kappa shape index (κ1) is 17.1. The van der Waals surface area contributed by atoms with Gasteiger partial charge in [0.15, 0.2) is 0 Å². The van der Waals surface area contributed by atoms with Gasteiger partial charge in [0.1, 0.15) is 5.75 Å². The van der Waals surface area contributed by atoms with Crippen LogP contribution in [0.4, 0.5) is 0 Å². The van der Waals surface area contributed by atoms with Gasteiger partial charge in [0.2, 0.25) is 0 Å². The molecule has 0 fully saturated rings. The molecule has 0 spiro atoms. The van der Waals surface area contributed by atoms with E-state index in [4.69, 9.17) is 4.74 Å². The van der Waals surface area contributed by atoms with Crippen molar-refractivity contribution in [3.8, 4) is 5.75 Å². The summed E-state index contributed by atoms with van der Waals surface area (Å²) in [6.07, 6.45) is 5.07. The van der Waals surface area contributed by atoms with Crippen LogP contribution in [0.3, 0.4) is 0 Å². The summed E-state index contributed by atoms with van der Waals surface area (Å²) in [6, 6.07) is 8.61. The standard InChI is InChI=1S/C19H32O/c1-18(2,3)14-8-7-9-16-10-12-17(13-11-16)20-15-19(4,5)6/h10-13H,7-9,14-15H2,1-6H3. The molecule has 0 heterocycles.